The SMILES string of the molecule is Cc1ccc(S(=O)(=O)N2CCCCC2C)cc1C(=O)N1CC[C@@H](N)C1.Cl. The smallest absolute Gasteiger partial charge is 0.254 e. The largest absolute Gasteiger partial charge is 0.337 e. The fraction of sp³-hybridized carbons (Fsp3) is 0.611. The summed E-state index contributed by atoms with van der Waals surface area (Å²) in [4.78, 5) is 14.7. The van der Waals surface area contributed by atoms with Crippen LogP contribution in [0.25, 0.3) is 0 Å². The van der Waals surface area contributed by atoms with Crippen LogP contribution in [0.2, 0.25) is 0 Å². The minimum Gasteiger partial charge on any atom is -0.337 e. The van der Waals surface area contributed by atoms with Crippen LogP contribution in [0.1, 0.15) is 48.5 Å². The number of aryl methyl sites for hydroxylation is 1. The first-order chi connectivity index (χ1) is 11.8. The molecule has 8 heteroatoms. The van der Waals surface area contributed by atoms with Crippen molar-refractivity contribution in [2.45, 2.75) is 56.5 Å². The number of amides is 1. The van der Waals surface area contributed by atoms with E-state index >= 15 is 0 Å². The Balaban J connectivity index is 0.00000243. The summed E-state index contributed by atoms with van der Waals surface area (Å²) in [7, 11) is -3.58. The fourth-order valence-electron chi connectivity index (χ4n) is 3.70. The van der Waals surface area contributed by atoms with E-state index in [0.29, 0.717) is 25.2 Å². The first-order valence-corrected chi connectivity index (χ1v) is 10.4. The maximum Gasteiger partial charge on any atom is 0.254 e. The van der Waals surface area contributed by atoms with Crippen molar-refractivity contribution in [1.29, 1.82) is 0 Å². The highest BCUT2D eigenvalue weighted by molar-refractivity contribution is 7.89. The van der Waals surface area contributed by atoms with Gasteiger partial charge in [0, 0.05) is 37.3 Å². The zero-order valence-electron chi connectivity index (χ0n) is 15.3. The number of sulfonamides is 1. The van der Waals surface area contributed by atoms with Crippen molar-refractivity contribution >= 4 is 28.3 Å². The minimum absolute atomic E-state index is 0. The van der Waals surface area contributed by atoms with Crippen LogP contribution in [0.5, 0.6) is 0 Å². The Bertz CT molecular complexity index is 769. The van der Waals surface area contributed by atoms with E-state index in [9.17, 15) is 13.2 Å². The number of piperidine rings is 1. The van der Waals surface area contributed by atoms with Crippen molar-refractivity contribution < 1.29 is 13.2 Å². The van der Waals surface area contributed by atoms with Crippen LogP contribution in [-0.4, -0.2) is 55.2 Å². The highest BCUT2D eigenvalue weighted by atomic mass is 35.5. The number of hydrogen-bond acceptors (Lipinski definition) is 4. The van der Waals surface area contributed by atoms with Gasteiger partial charge in [-0.2, -0.15) is 4.31 Å². The van der Waals surface area contributed by atoms with Gasteiger partial charge in [0.2, 0.25) is 10.0 Å². The zero-order chi connectivity index (χ0) is 18.2. The normalized spacial score (nSPS) is 24.3. The second-order valence-electron chi connectivity index (χ2n) is 7.24. The molecule has 0 spiro atoms. The van der Waals surface area contributed by atoms with Gasteiger partial charge >= 0.3 is 0 Å². The van der Waals surface area contributed by atoms with Gasteiger partial charge in [0.05, 0.1) is 4.90 Å². The number of benzene rings is 1. The molecule has 1 unspecified atom stereocenters. The van der Waals surface area contributed by atoms with Crippen LogP contribution >= 0.6 is 12.4 Å². The number of likely N-dealkylation sites (tertiary alicyclic amines) is 1. The summed E-state index contributed by atoms with van der Waals surface area (Å²) in [5.41, 5.74) is 7.14. The Labute approximate surface area is 162 Å². The van der Waals surface area contributed by atoms with Crippen molar-refractivity contribution in [3.63, 3.8) is 0 Å². The van der Waals surface area contributed by atoms with Crippen molar-refractivity contribution in [3.8, 4) is 0 Å². The van der Waals surface area contributed by atoms with Gasteiger partial charge in [0.1, 0.15) is 0 Å². The highest BCUT2D eigenvalue weighted by Crippen LogP contribution is 2.27. The van der Waals surface area contributed by atoms with Gasteiger partial charge in [0.15, 0.2) is 0 Å². The minimum atomic E-state index is -3.58. The molecule has 0 bridgehead atoms. The topological polar surface area (TPSA) is 83.7 Å². The number of carbonyl (C=O) groups excluding carboxylic acids is 1. The molecule has 3 rings (SSSR count). The molecule has 0 aliphatic carbocycles. The molecule has 26 heavy (non-hydrogen) atoms. The second kappa shape index (κ2) is 8.25. The third kappa shape index (κ3) is 4.06. The summed E-state index contributed by atoms with van der Waals surface area (Å²) in [5.74, 6) is -0.130. The molecule has 2 saturated heterocycles. The monoisotopic (exact) mass is 401 g/mol. The molecule has 2 N–H and O–H groups in total. The van der Waals surface area contributed by atoms with Crippen molar-refractivity contribution in [2.75, 3.05) is 19.6 Å². The van der Waals surface area contributed by atoms with Gasteiger partial charge in [-0.05, 0) is 50.8 Å². The Kier molecular flexibility index (Phi) is 6.71. The van der Waals surface area contributed by atoms with E-state index in [1.165, 1.54) is 6.07 Å². The molecule has 2 fully saturated rings. The number of carbonyl (C=O) groups is 1. The molecule has 2 atom stereocenters. The summed E-state index contributed by atoms with van der Waals surface area (Å²) in [6.45, 7) is 5.48. The molecule has 0 aromatic heterocycles. The molecule has 1 amide bonds. The maximum atomic E-state index is 13.0. The van der Waals surface area contributed by atoms with Crippen molar-refractivity contribution in [2.24, 2.45) is 5.73 Å². The van der Waals surface area contributed by atoms with E-state index in [2.05, 4.69) is 0 Å². The van der Waals surface area contributed by atoms with Gasteiger partial charge < -0.3 is 10.6 Å². The van der Waals surface area contributed by atoms with Gasteiger partial charge in [-0.25, -0.2) is 8.42 Å². The molecule has 0 saturated carbocycles. The Morgan fingerprint density at radius 1 is 1.19 bits per heavy atom. The number of nitrogens with zero attached hydrogens (tertiary/aromatic N) is 2. The average Bonchev–Trinajstić information content (AvgIpc) is 3.01. The van der Waals surface area contributed by atoms with E-state index in [1.807, 2.05) is 13.8 Å². The quantitative estimate of drug-likeness (QED) is 0.841. The lowest BCUT2D eigenvalue weighted by Gasteiger charge is -2.32. The third-order valence-corrected chi connectivity index (χ3v) is 7.31. The summed E-state index contributed by atoms with van der Waals surface area (Å²) < 4.78 is 27.6. The van der Waals surface area contributed by atoms with E-state index in [-0.39, 0.29) is 35.3 Å². The van der Waals surface area contributed by atoms with Gasteiger partial charge in [-0.15, -0.1) is 12.4 Å². The van der Waals surface area contributed by atoms with E-state index < -0.39 is 10.0 Å². The van der Waals surface area contributed by atoms with Crippen molar-refractivity contribution in [1.82, 2.24) is 9.21 Å². The fourth-order valence-corrected chi connectivity index (χ4v) is 5.42. The molecular formula is C18H28ClN3O3S. The summed E-state index contributed by atoms with van der Waals surface area (Å²) in [6.07, 6.45) is 3.60. The Morgan fingerprint density at radius 2 is 1.92 bits per heavy atom. The van der Waals surface area contributed by atoms with E-state index in [0.717, 1.165) is 31.2 Å². The number of rotatable bonds is 3. The van der Waals surface area contributed by atoms with Crippen LogP contribution in [0, 0.1) is 6.92 Å². The Hall–Kier alpha value is -1.15. The molecule has 2 aliphatic rings. The lowest BCUT2D eigenvalue weighted by Crippen LogP contribution is -2.42. The van der Waals surface area contributed by atoms with Gasteiger partial charge in [-0.3, -0.25) is 4.79 Å². The predicted octanol–water partition coefficient (Wildman–Crippen LogP) is 2.15. The van der Waals surface area contributed by atoms with E-state index in [1.54, 1.807) is 21.3 Å². The first kappa shape index (κ1) is 21.2. The lowest BCUT2D eigenvalue weighted by molar-refractivity contribution is 0.0790. The van der Waals surface area contributed by atoms with Crippen LogP contribution in [0.4, 0.5) is 0 Å². The Morgan fingerprint density at radius 3 is 2.54 bits per heavy atom. The summed E-state index contributed by atoms with van der Waals surface area (Å²) in [5, 5.41) is 0. The van der Waals surface area contributed by atoms with Crippen molar-refractivity contribution in [3.05, 3.63) is 29.3 Å². The highest BCUT2D eigenvalue weighted by Gasteiger charge is 2.32. The van der Waals surface area contributed by atoms with Gasteiger partial charge in [-0.1, -0.05) is 12.5 Å². The molecule has 146 valence electrons. The number of halogens is 1. The molecule has 1 aromatic rings. The first-order valence-electron chi connectivity index (χ1n) is 8.98. The lowest BCUT2D eigenvalue weighted by atomic mass is 10.1. The van der Waals surface area contributed by atoms with Crippen LogP contribution < -0.4 is 5.73 Å². The maximum absolute atomic E-state index is 13.0. The summed E-state index contributed by atoms with van der Waals surface area (Å²) >= 11 is 0. The summed E-state index contributed by atoms with van der Waals surface area (Å²) in [6, 6.07) is 4.88. The standard InChI is InChI=1S/C18H27N3O3S.ClH/c1-13-6-7-16(25(23,24)21-9-4-3-5-14(21)2)11-17(13)18(22)20-10-8-15(19)12-20;/h6-7,11,14-15H,3-5,8-10,12,19H2,1-2H3;1H/t14?,15-;/m1./s1. The zero-order valence-corrected chi connectivity index (χ0v) is 17.0. The van der Waals surface area contributed by atoms with Crippen LogP contribution in [-0.2, 0) is 10.0 Å². The number of nitrogens with two attached hydrogens (primary N) is 1. The number of hydrogen-bond donors (Lipinski definition) is 1. The van der Waals surface area contributed by atoms with Crippen LogP contribution in [0.3, 0.4) is 0 Å². The average molecular weight is 402 g/mol. The molecule has 0 radical (unpaired) electrons. The molecule has 6 nitrogen and oxygen atoms in total. The van der Waals surface area contributed by atoms with Gasteiger partial charge in [0.25, 0.3) is 5.91 Å². The van der Waals surface area contributed by atoms with Crippen LogP contribution in [0.15, 0.2) is 23.1 Å². The molecular weight excluding hydrogens is 374 g/mol. The molecule has 2 aliphatic heterocycles. The predicted molar refractivity (Wildman–Crippen MR) is 104 cm³/mol. The molecule has 2 heterocycles. The second-order valence-corrected chi connectivity index (χ2v) is 9.13. The molecule has 1 aromatic carbocycles. The third-order valence-electron chi connectivity index (χ3n) is 5.30. The van der Waals surface area contributed by atoms with E-state index in [4.69, 9.17) is 5.73 Å².